The number of nitrogens with one attached hydrogen (secondary N) is 1. The van der Waals surface area contributed by atoms with E-state index >= 15 is 0 Å². The molecule has 0 aromatic carbocycles. The summed E-state index contributed by atoms with van der Waals surface area (Å²) in [4.78, 5) is 4.33. The largest absolute Gasteiger partial charge is 0.353 e. The Kier molecular flexibility index (Phi) is 3.29. The molecule has 0 atom stereocenters. The fourth-order valence-corrected chi connectivity index (χ4v) is 1.99. The molecule has 0 bridgehead atoms. The Morgan fingerprint density at radius 3 is 2.93 bits per heavy atom. The van der Waals surface area contributed by atoms with Crippen molar-refractivity contribution in [1.82, 2.24) is 9.55 Å². The molecule has 0 unspecified atom stereocenters. The monoisotopic (exact) mass is 207 g/mol. The van der Waals surface area contributed by atoms with E-state index in [9.17, 15) is 0 Å². The summed E-state index contributed by atoms with van der Waals surface area (Å²) in [5.41, 5.74) is 0. The number of anilines is 1. The lowest BCUT2D eigenvalue weighted by atomic mass is 9.83. The SMILES string of the molecule is CC(C)Nc1nccn1CCC1CCC1. The van der Waals surface area contributed by atoms with Crippen molar-refractivity contribution < 1.29 is 0 Å². The highest BCUT2D eigenvalue weighted by Gasteiger charge is 2.17. The molecule has 15 heavy (non-hydrogen) atoms. The minimum absolute atomic E-state index is 0.454. The lowest BCUT2D eigenvalue weighted by Crippen LogP contribution is -2.17. The van der Waals surface area contributed by atoms with E-state index in [2.05, 4.69) is 34.9 Å². The van der Waals surface area contributed by atoms with E-state index in [-0.39, 0.29) is 0 Å². The Bertz CT molecular complexity index is 300. The first-order valence-electron chi connectivity index (χ1n) is 6.03. The second-order valence-corrected chi connectivity index (χ2v) is 4.83. The van der Waals surface area contributed by atoms with Crippen LogP contribution in [0.1, 0.15) is 39.5 Å². The minimum atomic E-state index is 0.454. The van der Waals surface area contributed by atoms with Crippen LogP contribution < -0.4 is 5.32 Å². The number of rotatable bonds is 5. The van der Waals surface area contributed by atoms with Crippen LogP contribution in [0.15, 0.2) is 12.4 Å². The number of hydrogen-bond acceptors (Lipinski definition) is 2. The van der Waals surface area contributed by atoms with Crippen LogP contribution in [0.25, 0.3) is 0 Å². The molecule has 1 heterocycles. The first-order valence-corrected chi connectivity index (χ1v) is 6.03. The summed E-state index contributed by atoms with van der Waals surface area (Å²) in [7, 11) is 0. The average molecular weight is 207 g/mol. The molecule has 3 heteroatoms. The normalized spacial score (nSPS) is 16.7. The van der Waals surface area contributed by atoms with Gasteiger partial charge < -0.3 is 9.88 Å². The van der Waals surface area contributed by atoms with Crippen LogP contribution in [0.2, 0.25) is 0 Å². The number of imidazole rings is 1. The molecule has 1 saturated carbocycles. The fraction of sp³-hybridized carbons (Fsp3) is 0.750. The molecule has 1 aromatic rings. The van der Waals surface area contributed by atoms with Crippen LogP contribution in [-0.4, -0.2) is 15.6 Å². The molecule has 1 N–H and O–H groups in total. The van der Waals surface area contributed by atoms with Crippen LogP contribution >= 0.6 is 0 Å². The lowest BCUT2D eigenvalue weighted by molar-refractivity contribution is 0.283. The predicted molar refractivity (Wildman–Crippen MR) is 62.9 cm³/mol. The van der Waals surface area contributed by atoms with Crippen LogP contribution in [0.5, 0.6) is 0 Å². The number of hydrogen-bond donors (Lipinski definition) is 1. The van der Waals surface area contributed by atoms with E-state index in [0.717, 1.165) is 18.4 Å². The molecule has 2 rings (SSSR count). The quantitative estimate of drug-likeness (QED) is 0.804. The average Bonchev–Trinajstić information content (AvgIpc) is 2.49. The molecule has 84 valence electrons. The van der Waals surface area contributed by atoms with E-state index in [4.69, 9.17) is 0 Å². The molecule has 0 amide bonds. The van der Waals surface area contributed by atoms with Gasteiger partial charge in [0.15, 0.2) is 0 Å². The van der Waals surface area contributed by atoms with Crippen molar-refractivity contribution in [3.63, 3.8) is 0 Å². The van der Waals surface area contributed by atoms with Gasteiger partial charge in [0.1, 0.15) is 0 Å². The molecule has 0 saturated heterocycles. The molecule has 1 aromatic heterocycles. The van der Waals surface area contributed by atoms with Gasteiger partial charge >= 0.3 is 0 Å². The molecule has 0 aliphatic heterocycles. The molecule has 1 aliphatic rings. The van der Waals surface area contributed by atoms with Gasteiger partial charge in [-0.1, -0.05) is 19.3 Å². The van der Waals surface area contributed by atoms with Crippen molar-refractivity contribution in [2.75, 3.05) is 5.32 Å². The molecule has 1 fully saturated rings. The Balaban J connectivity index is 1.86. The second kappa shape index (κ2) is 4.69. The minimum Gasteiger partial charge on any atom is -0.353 e. The van der Waals surface area contributed by atoms with Crippen molar-refractivity contribution in [2.24, 2.45) is 5.92 Å². The van der Waals surface area contributed by atoms with Gasteiger partial charge in [-0.3, -0.25) is 0 Å². The molecule has 0 radical (unpaired) electrons. The molecule has 3 nitrogen and oxygen atoms in total. The van der Waals surface area contributed by atoms with Gasteiger partial charge in [0, 0.05) is 25.0 Å². The van der Waals surface area contributed by atoms with E-state index < -0.39 is 0 Å². The number of aryl methyl sites for hydroxylation is 1. The fourth-order valence-electron chi connectivity index (χ4n) is 1.99. The zero-order chi connectivity index (χ0) is 10.7. The van der Waals surface area contributed by atoms with E-state index in [1.165, 1.54) is 25.7 Å². The van der Waals surface area contributed by atoms with Gasteiger partial charge in [-0.25, -0.2) is 4.98 Å². The Morgan fingerprint density at radius 1 is 1.53 bits per heavy atom. The Labute approximate surface area is 91.9 Å². The first-order chi connectivity index (χ1) is 7.25. The smallest absolute Gasteiger partial charge is 0.202 e. The molecule has 1 aliphatic carbocycles. The van der Waals surface area contributed by atoms with Crippen molar-refractivity contribution in [2.45, 2.75) is 52.1 Å². The van der Waals surface area contributed by atoms with Crippen molar-refractivity contribution >= 4 is 5.95 Å². The van der Waals surface area contributed by atoms with Gasteiger partial charge in [-0.15, -0.1) is 0 Å². The summed E-state index contributed by atoms with van der Waals surface area (Å²) in [5.74, 6) is 1.99. The maximum atomic E-state index is 4.33. The van der Waals surface area contributed by atoms with E-state index in [1.54, 1.807) is 0 Å². The van der Waals surface area contributed by atoms with Crippen LogP contribution in [0, 0.1) is 5.92 Å². The Hall–Kier alpha value is -0.990. The van der Waals surface area contributed by atoms with Gasteiger partial charge in [0.25, 0.3) is 0 Å². The van der Waals surface area contributed by atoms with Crippen molar-refractivity contribution in [3.8, 4) is 0 Å². The number of nitrogens with zero attached hydrogens (tertiary/aromatic N) is 2. The first kappa shape index (κ1) is 10.5. The molecule has 0 spiro atoms. The van der Waals surface area contributed by atoms with Crippen LogP contribution in [0.4, 0.5) is 5.95 Å². The van der Waals surface area contributed by atoms with Gasteiger partial charge in [-0.05, 0) is 26.2 Å². The number of aromatic nitrogens is 2. The summed E-state index contributed by atoms with van der Waals surface area (Å²) in [6.45, 7) is 5.40. The third-order valence-electron chi connectivity index (χ3n) is 3.14. The topological polar surface area (TPSA) is 29.9 Å². The third-order valence-corrected chi connectivity index (χ3v) is 3.14. The summed E-state index contributed by atoms with van der Waals surface area (Å²) in [6, 6.07) is 0.454. The summed E-state index contributed by atoms with van der Waals surface area (Å²) < 4.78 is 2.23. The summed E-state index contributed by atoms with van der Waals surface area (Å²) >= 11 is 0. The van der Waals surface area contributed by atoms with Crippen molar-refractivity contribution in [1.29, 1.82) is 0 Å². The third kappa shape index (κ3) is 2.74. The second-order valence-electron chi connectivity index (χ2n) is 4.83. The van der Waals surface area contributed by atoms with Crippen LogP contribution in [-0.2, 0) is 6.54 Å². The van der Waals surface area contributed by atoms with Crippen LogP contribution in [0.3, 0.4) is 0 Å². The Morgan fingerprint density at radius 2 is 2.33 bits per heavy atom. The van der Waals surface area contributed by atoms with E-state index in [1.807, 2.05) is 6.20 Å². The van der Waals surface area contributed by atoms with Crippen molar-refractivity contribution in [3.05, 3.63) is 12.4 Å². The maximum Gasteiger partial charge on any atom is 0.202 e. The highest BCUT2D eigenvalue weighted by molar-refractivity contribution is 5.26. The maximum absolute atomic E-state index is 4.33. The van der Waals surface area contributed by atoms with E-state index in [0.29, 0.717) is 6.04 Å². The highest BCUT2D eigenvalue weighted by Crippen LogP contribution is 2.30. The predicted octanol–water partition coefficient (Wildman–Crippen LogP) is 2.89. The molecular weight excluding hydrogens is 186 g/mol. The summed E-state index contributed by atoms with van der Waals surface area (Å²) in [6.07, 6.45) is 9.56. The van der Waals surface area contributed by atoms with Gasteiger partial charge in [0.05, 0.1) is 0 Å². The van der Waals surface area contributed by atoms with Gasteiger partial charge in [0.2, 0.25) is 5.95 Å². The highest BCUT2D eigenvalue weighted by atomic mass is 15.2. The standard InChI is InChI=1S/C12H21N3/c1-10(2)14-12-13-7-9-15(12)8-6-11-4-3-5-11/h7,9-11H,3-6,8H2,1-2H3,(H,13,14). The van der Waals surface area contributed by atoms with Gasteiger partial charge in [-0.2, -0.15) is 0 Å². The zero-order valence-corrected chi connectivity index (χ0v) is 9.74. The lowest BCUT2D eigenvalue weighted by Gasteiger charge is -2.25. The zero-order valence-electron chi connectivity index (χ0n) is 9.74. The molecular formula is C12H21N3. The summed E-state index contributed by atoms with van der Waals surface area (Å²) in [5, 5.41) is 3.36.